The standard InChI is InChI=1S/C14H14N4O2S2/c1-3-11-17-18-14(22-11)16-13(20)8-4-5-10-9(6-8)15-12(19)7(2)21-10/h4-7H,3H2,1-2H3,(H,15,19)(H,16,18,20)/t7-/m1/s1. The quantitative estimate of drug-likeness (QED) is 0.902. The third-order valence-electron chi connectivity index (χ3n) is 3.16. The number of carbonyl (C=O) groups is 2. The number of rotatable bonds is 3. The Hall–Kier alpha value is -1.93. The van der Waals surface area contributed by atoms with Crippen LogP contribution in [0.5, 0.6) is 0 Å². The fraction of sp³-hybridized carbons (Fsp3) is 0.286. The second-order valence-corrected chi connectivity index (χ2v) is 7.21. The number of aryl methyl sites for hydroxylation is 1. The number of anilines is 2. The van der Waals surface area contributed by atoms with Crippen LogP contribution in [0.2, 0.25) is 0 Å². The van der Waals surface area contributed by atoms with Crippen LogP contribution in [0.4, 0.5) is 10.8 Å². The minimum absolute atomic E-state index is 0.0493. The smallest absolute Gasteiger partial charge is 0.257 e. The van der Waals surface area contributed by atoms with Crippen molar-refractivity contribution in [2.24, 2.45) is 0 Å². The molecule has 2 aromatic rings. The van der Waals surface area contributed by atoms with E-state index in [0.717, 1.165) is 16.3 Å². The van der Waals surface area contributed by atoms with Crippen LogP contribution in [-0.4, -0.2) is 27.3 Å². The Kier molecular flexibility index (Phi) is 4.12. The molecule has 0 bridgehead atoms. The Morgan fingerprint density at radius 1 is 1.41 bits per heavy atom. The summed E-state index contributed by atoms with van der Waals surface area (Å²) < 4.78 is 0. The summed E-state index contributed by atoms with van der Waals surface area (Å²) in [4.78, 5) is 24.9. The van der Waals surface area contributed by atoms with Gasteiger partial charge in [0, 0.05) is 10.5 Å². The number of carbonyl (C=O) groups excluding carboxylic acids is 2. The summed E-state index contributed by atoms with van der Waals surface area (Å²) in [5, 5.41) is 14.7. The molecule has 2 N–H and O–H groups in total. The molecule has 2 amide bonds. The van der Waals surface area contributed by atoms with Crippen LogP contribution in [0.1, 0.15) is 29.2 Å². The van der Waals surface area contributed by atoms with Crippen molar-refractivity contribution >= 4 is 45.7 Å². The molecule has 2 heterocycles. The highest BCUT2D eigenvalue weighted by molar-refractivity contribution is 8.00. The third kappa shape index (κ3) is 2.97. The molecular weight excluding hydrogens is 320 g/mol. The number of amides is 2. The van der Waals surface area contributed by atoms with Gasteiger partial charge in [-0.25, -0.2) is 0 Å². The van der Waals surface area contributed by atoms with Gasteiger partial charge in [-0.1, -0.05) is 18.3 Å². The van der Waals surface area contributed by atoms with Crippen LogP contribution in [0.15, 0.2) is 23.1 Å². The maximum absolute atomic E-state index is 12.3. The summed E-state index contributed by atoms with van der Waals surface area (Å²) in [7, 11) is 0. The van der Waals surface area contributed by atoms with Gasteiger partial charge in [0.05, 0.1) is 10.9 Å². The van der Waals surface area contributed by atoms with E-state index in [-0.39, 0.29) is 17.1 Å². The topological polar surface area (TPSA) is 84.0 Å². The number of aromatic nitrogens is 2. The van der Waals surface area contributed by atoms with Gasteiger partial charge in [-0.2, -0.15) is 0 Å². The zero-order valence-electron chi connectivity index (χ0n) is 12.0. The van der Waals surface area contributed by atoms with Crippen molar-refractivity contribution in [1.82, 2.24) is 10.2 Å². The van der Waals surface area contributed by atoms with Crippen molar-refractivity contribution in [1.29, 1.82) is 0 Å². The van der Waals surface area contributed by atoms with Gasteiger partial charge in [0.1, 0.15) is 5.01 Å². The zero-order chi connectivity index (χ0) is 15.7. The van der Waals surface area contributed by atoms with Crippen molar-refractivity contribution in [3.8, 4) is 0 Å². The SMILES string of the molecule is CCc1nnc(NC(=O)c2ccc3c(c2)NC(=O)[C@@H](C)S3)s1. The maximum Gasteiger partial charge on any atom is 0.257 e. The summed E-state index contributed by atoms with van der Waals surface area (Å²) in [5.41, 5.74) is 1.15. The van der Waals surface area contributed by atoms with Crippen LogP contribution in [0.25, 0.3) is 0 Å². The second-order valence-electron chi connectivity index (χ2n) is 4.77. The minimum Gasteiger partial charge on any atom is -0.324 e. The molecule has 0 saturated heterocycles. The van der Waals surface area contributed by atoms with E-state index < -0.39 is 0 Å². The Bertz CT molecular complexity index is 744. The highest BCUT2D eigenvalue weighted by atomic mass is 32.2. The molecule has 0 unspecified atom stereocenters. The molecule has 8 heteroatoms. The molecule has 0 fully saturated rings. The normalized spacial score (nSPS) is 16.8. The van der Waals surface area contributed by atoms with E-state index in [9.17, 15) is 9.59 Å². The summed E-state index contributed by atoms with van der Waals surface area (Å²) in [5.74, 6) is -0.314. The first-order valence-electron chi connectivity index (χ1n) is 6.82. The third-order valence-corrected chi connectivity index (χ3v) is 5.32. The minimum atomic E-state index is -0.264. The van der Waals surface area contributed by atoms with Gasteiger partial charge in [0.25, 0.3) is 5.91 Å². The molecule has 1 aliphatic heterocycles. The average molecular weight is 334 g/mol. The van der Waals surface area contributed by atoms with Crippen molar-refractivity contribution in [3.05, 3.63) is 28.8 Å². The van der Waals surface area contributed by atoms with E-state index in [0.29, 0.717) is 16.4 Å². The Morgan fingerprint density at radius 3 is 2.95 bits per heavy atom. The first-order valence-corrected chi connectivity index (χ1v) is 8.51. The van der Waals surface area contributed by atoms with E-state index in [1.165, 1.54) is 23.1 Å². The van der Waals surface area contributed by atoms with E-state index in [1.54, 1.807) is 12.1 Å². The predicted octanol–water partition coefficient (Wildman–Crippen LogP) is 2.79. The van der Waals surface area contributed by atoms with Crippen LogP contribution in [0, 0.1) is 0 Å². The highest BCUT2D eigenvalue weighted by Crippen LogP contribution is 2.36. The average Bonchev–Trinajstić information content (AvgIpc) is 2.95. The van der Waals surface area contributed by atoms with Crippen LogP contribution < -0.4 is 10.6 Å². The van der Waals surface area contributed by atoms with Crippen LogP contribution in [-0.2, 0) is 11.2 Å². The van der Waals surface area contributed by atoms with Crippen molar-refractivity contribution < 1.29 is 9.59 Å². The number of nitrogens with zero attached hydrogens (tertiary/aromatic N) is 2. The first kappa shape index (κ1) is 15.0. The molecule has 6 nitrogen and oxygen atoms in total. The van der Waals surface area contributed by atoms with Gasteiger partial charge in [-0.3, -0.25) is 14.9 Å². The van der Waals surface area contributed by atoms with Gasteiger partial charge < -0.3 is 5.32 Å². The van der Waals surface area contributed by atoms with Crippen molar-refractivity contribution in [3.63, 3.8) is 0 Å². The van der Waals surface area contributed by atoms with Crippen LogP contribution >= 0.6 is 23.1 Å². The summed E-state index contributed by atoms with van der Waals surface area (Å²) in [6, 6.07) is 5.28. The number of nitrogens with one attached hydrogen (secondary N) is 2. The Balaban J connectivity index is 1.79. The van der Waals surface area contributed by atoms with E-state index in [2.05, 4.69) is 20.8 Å². The molecular formula is C14H14N4O2S2. The molecule has 0 saturated carbocycles. The molecule has 0 radical (unpaired) electrons. The number of benzene rings is 1. The molecule has 1 aromatic carbocycles. The number of hydrogen-bond acceptors (Lipinski definition) is 6. The monoisotopic (exact) mass is 334 g/mol. The molecule has 1 aromatic heterocycles. The fourth-order valence-electron chi connectivity index (χ4n) is 1.97. The van der Waals surface area contributed by atoms with Crippen molar-refractivity contribution in [2.75, 3.05) is 10.6 Å². The van der Waals surface area contributed by atoms with Gasteiger partial charge >= 0.3 is 0 Å². The molecule has 3 rings (SSSR count). The summed E-state index contributed by atoms with van der Waals surface area (Å²) in [6.07, 6.45) is 0.786. The lowest BCUT2D eigenvalue weighted by atomic mass is 10.2. The Morgan fingerprint density at radius 2 is 2.23 bits per heavy atom. The van der Waals surface area contributed by atoms with E-state index >= 15 is 0 Å². The molecule has 0 aliphatic carbocycles. The fourth-order valence-corrected chi connectivity index (χ4v) is 3.57. The molecule has 0 spiro atoms. The lowest BCUT2D eigenvalue weighted by molar-refractivity contribution is -0.115. The zero-order valence-corrected chi connectivity index (χ0v) is 13.7. The lowest BCUT2D eigenvalue weighted by Crippen LogP contribution is -2.26. The molecule has 1 aliphatic rings. The number of thioether (sulfide) groups is 1. The van der Waals surface area contributed by atoms with Gasteiger partial charge in [0.2, 0.25) is 11.0 Å². The highest BCUT2D eigenvalue weighted by Gasteiger charge is 2.23. The van der Waals surface area contributed by atoms with Gasteiger partial charge in [-0.15, -0.1) is 22.0 Å². The van der Waals surface area contributed by atoms with Gasteiger partial charge in [-0.05, 0) is 31.5 Å². The van der Waals surface area contributed by atoms with Crippen molar-refractivity contribution in [2.45, 2.75) is 30.4 Å². The first-order chi connectivity index (χ1) is 10.6. The van der Waals surface area contributed by atoms with E-state index in [1.807, 2.05) is 19.9 Å². The molecule has 22 heavy (non-hydrogen) atoms. The number of hydrogen-bond donors (Lipinski definition) is 2. The maximum atomic E-state index is 12.3. The lowest BCUT2D eigenvalue weighted by Gasteiger charge is -2.21. The molecule has 114 valence electrons. The Labute approximate surface area is 135 Å². The molecule has 1 atom stereocenters. The van der Waals surface area contributed by atoms with Gasteiger partial charge in [0.15, 0.2) is 0 Å². The summed E-state index contributed by atoms with van der Waals surface area (Å²) in [6.45, 7) is 3.83. The largest absolute Gasteiger partial charge is 0.324 e. The summed E-state index contributed by atoms with van der Waals surface area (Å²) >= 11 is 2.84. The predicted molar refractivity (Wildman–Crippen MR) is 87.6 cm³/mol. The van der Waals surface area contributed by atoms with E-state index in [4.69, 9.17) is 0 Å². The van der Waals surface area contributed by atoms with Crippen LogP contribution in [0.3, 0.4) is 0 Å². The second kappa shape index (κ2) is 6.05. The number of fused-ring (bicyclic) bond motifs is 1.